The summed E-state index contributed by atoms with van der Waals surface area (Å²) in [6.07, 6.45) is 3.66. The highest BCUT2D eigenvalue weighted by atomic mass is 16.5. The number of aliphatic carboxylic acids is 1. The fraction of sp³-hybridized carbons (Fsp3) is 0.909. The highest BCUT2D eigenvalue weighted by Crippen LogP contribution is 2.31. The summed E-state index contributed by atoms with van der Waals surface area (Å²) < 4.78 is 5.17. The molecule has 2 fully saturated rings. The van der Waals surface area contributed by atoms with E-state index >= 15 is 0 Å². The normalized spacial score (nSPS) is 30.4. The summed E-state index contributed by atoms with van der Waals surface area (Å²) in [7, 11) is 0. The van der Waals surface area contributed by atoms with Crippen molar-refractivity contribution in [2.45, 2.75) is 37.3 Å². The van der Waals surface area contributed by atoms with Crippen molar-refractivity contribution in [1.82, 2.24) is 4.90 Å². The molecule has 1 aliphatic carbocycles. The lowest BCUT2D eigenvalue weighted by Crippen LogP contribution is -2.54. The lowest BCUT2D eigenvalue weighted by molar-refractivity contribution is -0.152. The van der Waals surface area contributed by atoms with Crippen LogP contribution < -0.4 is 0 Å². The summed E-state index contributed by atoms with van der Waals surface area (Å²) in [5.41, 5.74) is -0.676. The molecule has 0 spiro atoms. The summed E-state index contributed by atoms with van der Waals surface area (Å²) in [5.74, 6) is -0.860. The molecule has 2 rings (SSSR count). The Hall–Kier alpha value is -0.650. The van der Waals surface area contributed by atoms with Crippen LogP contribution in [0.3, 0.4) is 0 Å². The van der Waals surface area contributed by atoms with Crippen LogP contribution in [-0.4, -0.2) is 59.0 Å². The summed E-state index contributed by atoms with van der Waals surface area (Å²) >= 11 is 0. The summed E-state index contributed by atoms with van der Waals surface area (Å²) in [4.78, 5) is 12.9. The van der Waals surface area contributed by atoms with Gasteiger partial charge in [-0.15, -0.1) is 0 Å². The minimum atomic E-state index is -0.860. The van der Waals surface area contributed by atoms with Gasteiger partial charge < -0.3 is 14.9 Å². The van der Waals surface area contributed by atoms with Crippen molar-refractivity contribution in [2.75, 3.05) is 26.3 Å². The summed E-state index contributed by atoms with van der Waals surface area (Å²) in [6, 6.07) is -0.599. The van der Waals surface area contributed by atoms with Crippen molar-refractivity contribution < 1.29 is 19.7 Å². The fourth-order valence-corrected chi connectivity index (χ4v) is 2.62. The second kappa shape index (κ2) is 4.69. The van der Waals surface area contributed by atoms with Crippen LogP contribution in [-0.2, 0) is 9.53 Å². The van der Waals surface area contributed by atoms with E-state index in [1.807, 2.05) is 4.90 Å². The first kappa shape index (κ1) is 11.8. The van der Waals surface area contributed by atoms with Gasteiger partial charge in [0.25, 0.3) is 0 Å². The molecule has 0 aromatic heterocycles. The Balaban J connectivity index is 1.98. The molecule has 5 nitrogen and oxygen atoms in total. The molecule has 92 valence electrons. The second-order valence-corrected chi connectivity index (χ2v) is 4.83. The van der Waals surface area contributed by atoms with Gasteiger partial charge in [0, 0.05) is 13.1 Å². The van der Waals surface area contributed by atoms with Gasteiger partial charge in [-0.05, 0) is 12.8 Å². The van der Waals surface area contributed by atoms with Gasteiger partial charge in [0.2, 0.25) is 0 Å². The smallest absolute Gasteiger partial charge is 0.323 e. The topological polar surface area (TPSA) is 70.0 Å². The Morgan fingerprint density at radius 1 is 1.44 bits per heavy atom. The Morgan fingerprint density at radius 3 is 2.75 bits per heavy atom. The summed E-state index contributed by atoms with van der Waals surface area (Å²) in [6.45, 7) is 1.85. The van der Waals surface area contributed by atoms with Gasteiger partial charge in [0.05, 0.1) is 18.8 Å². The molecule has 1 saturated carbocycles. The molecule has 0 amide bonds. The zero-order chi connectivity index (χ0) is 11.6. The maximum Gasteiger partial charge on any atom is 0.323 e. The third kappa shape index (κ3) is 2.53. The van der Waals surface area contributed by atoms with Gasteiger partial charge in [0.1, 0.15) is 6.04 Å². The lowest BCUT2D eigenvalue weighted by atomic mass is 10.0. The molecule has 1 heterocycles. The van der Waals surface area contributed by atoms with Crippen LogP contribution in [0.15, 0.2) is 0 Å². The molecule has 1 atom stereocenters. The number of nitrogens with zero attached hydrogens (tertiary/aromatic N) is 1. The molecular formula is C11H19NO4. The first-order valence-corrected chi connectivity index (χ1v) is 5.88. The quantitative estimate of drug-likeness (QED) is 0.717. The number of aliphatic hydroxyl groups is 1. The van der Waals surface area contributed by atoms with E-state index in [9.17, 15) is 9.90 Å². The predicted molar refractivity (Wildman–Crippen MR) is 57.2 cm³/mol. The van der Waals surface area contributed by atoms with E-state index in [4.69, 9.17) is 9.84 Å². The largest absolute Gasteiger partial charge is 0.480 e. The van der Waals surface area contributed by atoms with Crippen LogP contribution in [0.2, 0.25) is 0 Å². The van der Waals surface area contributed by atoms with E-state index in [2.05, 4.69) is 0 Å². The predicted octanol–water partition coefficient (Wildman–Crippen LogP) is 0.0769. The molecule has 1 unspecified atom stereocenters. The van der Waals surface area contributed by atoms with Gasteiger partial charge in [-0.1, -0.05) is 12.8 Å². The van der Waals surface area contributed by atoms with Crippen molar-refractivity contribution in [3.05, 3.63) is 0 Å². The molecule has 0 bridgehead atoms. The second-order valence-electron chi connectivity index (χ2n) is 4.83. The van der Waals surface area contributed by atoms with Crippen LogP contribution in [0.1, 0.15) is 25.7 Å². The molecule has 2 aliphatic rings. The average molecular weight is 229 g/mol. The number of hydrogen-bond acceptors (Lipinski definition) is 4. The van der Waals surface area contributed by atoms with Crippen molar-refractivity contribution in [3.63, 3.8) is 0 Å². The maximum absolute atomic E-state index is 11.0. The molecule has 5 heteroatoms. The zero-order valence-corrected chi connectivity index (χ0v) is 9.39. The first-order chi connectivity index (χ1) is 7.61. The van der Waals surface area contributed by atoms with Crippen molar-refractivity contribution in [1.29, 1.82) is 0 Å². The molecule has 0 aromatic carbocycles. The van der Waals surface area contributed by atoms with Crippen molar-refractivity contribution in [3.8, 4) is 0 Å². The molecule has 0 radical (unpaired) electrons. The number of ether oxygens (including phenoxy) is 1. The third-order valence-electron chi connectivity index (χ3n) is 3.56. The Labute approximate surface area is 95.0 Å². The van der Waals surface area contributed by atoms with E-state index in [-0.39, 0.29) is 6.61 Å². The molecule has 1 saturated heterocycles. The number of carbonyl (C=O) groups is 1. The lowest BCUT2D eigenvalue weighted by Gasteiger charge is -2.37. The Kier molecular flexibility index (Phi) is 3.47. The first-order valence-electron chi connectivity index (χ1n) is 5.88. The van der Waals surface area contributed by atoms with Crippen LogP contribution in [0, 0.1) is 0 Å². The number of carboxylic acid groups (broad SMARTS) is 1. The van der Waals surface area contributed by atoms with Gasteiger partial charge >= 0.3 is 5.97 Å². The maximum atomic E-state index is 11.0. The highest BCUT2D eigenvalue weighted by Gasteiger charge is 2.38. The zero-order valence-electron chi connectivity index (χ0n) is 9.39. The minimum absolute atomic E-state index is 0.228. The van der Waals surface area contributed by atoms with Crippen LogP contribution in [0.4, 0.5) is 0 Å². The highest BCUT2D eigenvalue weighted by molar-refractivity contribution is 5.73. The number of β-amino-alcohol motifs (C(OH)–C–C–N with tert-alkyl or cyclic N) is 1. The molecule has 1 aliphatic heterocycles. The SMILES string of the molecule is O=C(O)C1COCCN1CC1(O)CCCC1. The van der Waals surface area contributed by atoms with Gasteiger partial charge in [-0.3, -0.25) is 9.69 Å². The number of hydrogen-bond donors (Lipinski definition) is 2. The van der Waals surface area contributed by atoms with Crippen LogP contribution in [0.5, 0.6) is 0 Å². The van der Waals surface area contributed by atoms with Crippen molar-refractivity contribution in [2.24, 2.45) is 0 Å². The van der Waals surface area contributed by atoms with Gasteiger partial charge in [0.15, 0.2) is 0 Å². The van der Waals surface area contributed by atoms with Crippen LogP contribution in [0.25, 0.3) is 0 Å². The van der Waals surface area contributed by atoms with E-state index in [1.54, 1.807) is 0 Å². The van der Waals surface area contributed by atoms with E-state index in [0.29, 0.717) is 19.7 Å². The monoisotopic (exact) mass is 229 g/mol. The van der Waals surface area contributed by atoms with E-state index in [0.717, 1.165) is 25.7 Å². The average Bonchev–Trinajstić information content (AvgIpc) is 2.65. The van der Waals surface area contributed by atoms with Crippen LogP contribution >= 0.6 is 0 Å². The molecule has 16 heavy (non-hydrogen) atoms. The number of morpholine rings is 1. The Bertz CT molecular complexity index is 263. The number of rotatable bonds is 3. The van der Waals surface area contributed by atoms with Crippen molar-refractivity contribution >= 4 is 5.97 Å². The van der Waals surface area contributed by atoms with E-state index < -0.39 is 17.6 Å². The molecule has 0 aromatic rings. The van der Waals surface area contributed by atoms with Gasteiger partial charge in [-0.25, -0.2) is 0 Å². The molecular weight excluding hydrogens is 210 g/mol. The van der Waals surface area contributed by atoms with E-state index in [1.165, 1.54) is 0 Å². The fourth-order valence-electron chi connectivity index (χ4n) is 2.62. The Morgan fingerprint density at radius 2 is 2.12 bits per heavy atom. The minimum Gasteiger partial charge on any atom is -0.480 e. The van der Waals surface area contributed by atoms with Gasteiger partial charge in [-0.2, -0.15) is 0 Å². The standard InChI is InChI=1S/C11H19NO4/c13-10(14)9-7-16-6-5-12(9)8-11(15)3-1-2-4-11/h9,15H,1-8H2,(H,13,14). The number of carboxylic acids is 1. The third-order valence-corrected chi connectivity index (χ3v) is 3.56. The summed E-state index contributed by atoms with van der Waals surface area (Å²) in [5, 5.41) is 19.3. The molecule has 2 N–H and O–H groups in total.